The minimum Gasteiger partial charge on any atom is -0.397 e. The Morgan fingerprint density at radius 2 is 2.16 bits per heavy atom. The monoisotopic (exact) mass is 255 g/mol. The van der Waals surface area contributed by atoms with Gasteiger partial charge in [-0.05, 0) is 36.8 Å². The van der Waals surface area contributed by atoms with Crippen LogP contribution in [0.2, 0.25) is 0 Å². The number of nitrogens with zero attached hydrogens (tertiary/aromatic N) is 1. The molecule has 1 aromatic heterocycles. The lowest BCUT2D eigenvalue weighted by Gasteiger charge is -2.19. The van der Waals surface area contributed by atoms with Gasteiger partial charge in [-0.15, -0.1) is 0 Å². The van der Waals surface area contributed by atoms with Gasteiger partial charge in [-0.2, -0.15) is 0 Å². The molecule has 3 rings (SSSR count). The van der Waals surface area contributed by atoms with Crippen molar-refractivity contribution in [2.24, 2.45) is 5.41 Å². The first-order valence-electron chi connectivity index (χ1n) is 6.95. The summed E-state index contributed by atoms with van der Waals surface area (Å²) in [6.45, 7) is 4.69. The van der Waals surface area contributed by atoms with Crippen LogP contribution in [0.25, 0.3) is 10.9 Å². The minimum absolute atomic E-state index is 0.458. The number of anilines is 2. The zero-order valence-corrected chi connectivity index (χ0v) is 11.6. The highest BCUT2D eigenvalue weighted by Crippen LogP contribution is 2.39. The summed E-state index contributed by atoms with van der Waals surface area (Å²) in [5.41, 5.74) is 9.23. The number of para-hydroxylation sites is 1. The lowest BCUT2D eigenvalue weighted by Crippen LogP contribution is -2.17. The van der Waals surface area contributed by atoms with Gasteiger partial charge in [-0.1, -0.05) is 26.0 Å². The third-order valence-electron chi connectivity index (χ3n) is 4.13. The SMILES string of the molecule is CC1(C)CCC(Nc2ccnc3c(N)cccc23)C1. The molecule has 0 spiro atoms. The first-order valence-corrected chi connectivity index (χ1v) is 6.95. The van der Waals surface area contributed by atoms with Crippen LogP contribution in [0.1, 0.15) is 33.1 Å². The highest BCUT2D eigenvalue weighted by molar-refractivity contribution is 5.97. The molecule has 3 heteroatoms. The summed E-state index contributed by atoms with van der Waals surface area (Å²) < 4.78 is 0. The van der Waals surface area contributed by atoms with Crippen molar-refractivity contribution in [3.05, 3.63) is 30.5 Å². The van der Waals surface area contributed by atoms with E-state index in [0.29, 0.717) is 11.5 Å². The van der Waals surface area contributed by atoms with E-state index in [9.17, 15) is 0 Å². The molecule has 3 N–H and O–H groups in total. The van der Waals surface area contributed by atoms with E-state index in [4.69, 9.17) is 5.73 Å². The number of nitrogens with two attached hydrogens (primary N) is 1. The van der Waals surface area contributed by atoms with Crippen molar-refractivity contribution in [2.45, 2.75) is 39.2 Å². The van der Waals surface area contributed by atoms with E-state index < -0.39 is 0 Å². The van der Waals surface area contributed by atoms with Gasteiger partial charge in [-0.3, -0.25) is 4.98 Å². The maximum Gasteiger partial charge on any atom is 0.0951 e. The molecule has 1 fully saturated rings. The second-order valence-electron chi connectivity index (χ2n) is 6.35. The zero-order valence-electron chi connectivity index (χ0n) is 11.6. The van der Waals surface area contributed by atoms with E-state index in [2.05, 4.69) is 30.2 Å². The van der Waals surface area contributed by atoms with Crippen molar-refractivity contribution >= 4 is 22.3 Å². The van der Waals surface area contributed by atoms with Crippen LogP contribution in [0.5, 0.6) is 0 Å². The van der Waals surface area contributed by atoms with E-state index >= 15 is 0 Å². The Labute approximate surface area is 114 Å². The molecule has 3 nitrogen and oxygen atoms in total. The van der Waals surface area contributed by atoms with Crippen LogP contribution in [-0.4, -0.2) is 11.0 Å². The number of rotatable bonds is 2. The molecule has 1 aromatic carbocycles. The van der Waals surface area contributed by atoms with Gasteiger partial charge >= 0.3 is 0 Å². The minimum atomic E-state index is 0.458. The van der Waals surface area contributed by atoms with Crippen LogP contribution in [-0.2, 0) is 0 Å². The van der Waals surface area contributed by atoms with Crippen LogP contribution in [0.15, 0.2) is 30.5 Å². The fraction of sp³-hybridized carbons (Fsp3) is 0.438. The van der Waals surface area contributed by atoms with E-state index in [-0.39, 0.29) is 0 Å². The second-order valence-corrected chi connectivity index (χ2v) is 6.35. The van der Waals surface area contributed by atoms with Gasteiger partial charge in [-0.25, -0.2) is 0 Å². The number of benzene rings is 1. The summed E-state index contributed by atoms with van der Waals surface area (Å²) in [5, 5.41) is 4.79. The van der Waals surface area contributed by atoms with Crippen LogP contribution in [0, 0.1) is 5.41 Å². The van der Waals surface area contributed by atoms with Crippen LogP contribution < -0.4 is 11.1 Å². The fourth-order valence-corrected chi connectivity index (χ4v) is 3.10. The number of hydrogen-bond acceptors (Lipinski definition) is 3. The predicted molar refractivity (Wildman–Crippen MR) is 81.2 cm³/mol. The van der Waals surface area contributed by atoms with Gasteiger partial charge in [0.2, 0.25) is 0 Å². The average Bonchev–Trinajstić information content (AvgIpc) is 2.70. The molecule has 1 atom stereocenters. The van der Waals surface area contributed by atoms with Crippen molar-refractivity contribution in [1.82, 2.24) is 4.98 Å². The molecule has 0 amide bonds. The summed E-state index contributed by atoms with van der Waals surface area (Å²) in [5.74, 6) is 0. The lowest BCUT2D eigenvalue weighted by molar-refractivity contribution is 0.378. The molecular formula is C16H21N3. The molecule has 1 aliphatic carbocycles. The summed E-state index contributed by atoms with van der Waals surface area (Å²) in [4.78, 5) is 4.38. The second kappa shape index (κ2) is 4.41. The first-order chi connectivity index (χ1) is 9.05. The van der Waals surface area contributed by atoms with E-state index in [1.807, 2.05) is 24.4 Å². The molecule has 100 valence electrons. The largest absolute Gasteiger partial charge is 0.397 e. The zero-order chi connectivity index (χ0) is 13.5. The number of nitrogens with one attached hydrogen (secondary N) is 1. The normalized spacial score (nSPS) is 21.7. The van der Waals surface area contributed by atoms with Gasteiger partial charge in [0.1, 0.15) is 0 Å². The summed E-state index contributed by atoms with van der Waals surface area (Å²) in [7, 11) is 0. The molecule has 2 aromatic rings. The van der Waals surface area contributed by atoms with Gasteiger partial charge in [0.15, 0.2) is 0 Å². The summed E-state index contributed by atoms with van der Waals surface area (Å²) in [6, 6.07) is 8.58. The molecule has 1 saturated carbocycles. The van der Waals surface area contributed by atoms with Gasteiger partial charge in [0.05, 0.1) is 11.2 Å². The summed E-state index contributed by atoms with van der Waals surface area (Å²) in [6.07, 6.45) is 5.58. The Kier molecular flexibility index (Phi) is 2.85. The van der Waals surface area contributed by atoms with Crippen molar-refractivity contribution in [2.75, 3.05) is 11.1 Å². The van der Waals surface area contributed by atoms with E-state index in [1.54, 1.807) is 0 Å². The highest BCUT2D eigenvalue weighted by Gasteiger charge is 2.30. The number of aromatic nitrogens is 1. The topological polar surface area (TPSA) is 50.9 Å². The van der Waals surface area contributed by atoms with Gasteiger partial charge < -0.3 is 11.1 Å². The van der Waals surface area contributed by atoms with Crippen LogP contribution >= 0.6 is 0 Å². The third kappa shape index (κ3) is 2.37. The Hall–Kier alpha value is -1.77. The number of pyridine rings is 1. The average molecular weight is 255 g/mol. The molecule has 0 aliphatic heterocycles. The maximum absolute atomic E-state index is 5.99. The van der Waals surface area contributed by atoms with Crippen molar-refractivity contribution in [3.63, 3.8) is 0 Å². The molecule has 19 heavy (non-hydrogen) atoms. The Bertz CT molecular complexity index is 604. The molecule has 0 bridgehead atoms. The fourth-order valence-electron chi connectivity index (χ4n) is 3.10. The van der Waals surface area contributed by atoms with Crippen LogP contribution in [0.4, 0.5) is 11.4 Å². The predicted octanol–water partition coefficient (Wildman–Crippen LogP) is 3.81. The number of nitrogen functional groups attached to an aromatic ring is 1. The number of hydrogen-bond donors (Lipinski definition) is 2. The maximum atomic E-state index is 5.99. The van der Waals surface area contributed by atoms with Crippen molar-refractivity contribution < 1.29 is 0 Å². The Morgan fingerprint density at radius 3 is 2.89 bits per heavy atom. The third-order valence-corrected chi connectivity index (χ3v) is 4.13. The number of fused-ring (bicyclic) bond motifs is 1. The Morgan fingerprint density at radius 1 is 1.32 bits per heavy atom. The van der Waals surface area contributed by atoms with E-state index in [1.165, 1.54) is 19.3 Å². The quantitative estimate of drug-likeness (QED) is 0.802. The standard InChI is InChI=1S/C16H21N3/c1-16(2)8-6-11(10-16)19-14-7-9-18-15-12(14)4-3-5-13(15)17/h3-5,7,9,11H,6,8,10,17H2,1-2H3,(H,18,19). The van der Waals surface area contributed by atoms with Crippen molar-refractivity contribution in [3.8, 4) is 0 Å². The summed E-state index contributed by atoms with van der Waals surface area (Å²) >= 11 is 0. The molecule has 1 unspecified atom stereocenters. The highest BCUT2D eigenvalue weighted by atomic mass is 14.9. The van der Waals surface area contributed by atoms with Gasteiger partial charge in [0, 0.05) is 23.3 Å². The van der Waals surface area contributed by atoms with Gasteiger partial charge in [0.25, 0.3) is 0 Å². The van der Waals surface area contributed by atoms with E-state index in [0.717, 1.165) is 22.3 Å². The molecular weight excluding hydrogens is 234 g/mol. The molecule has 0 saturated heterocycles. The Balaban J connectivity index is 1.92. The molecule has 1 aliphatic rings. The molecule has 1 heterocycles. The lowest BCUT2D eigenvalue weighted by atomic mass is 9.92. The van der Waals surface area contributed by atoms with Crippen LogP contribution in [0.3, 0.4) is 0 Å². The smallest absolute Gasteiger partial charge is 0.0951 e. The molecule has 0 radical (unpaired) electrons. The van der Waals surface area contributed by atoms with Crippen molar-refractivity contribution in [1.29, 1.82) is 0 Å². The first kappa shape index (κ1) is 12.3.